The number of fused-ring (bicyclic) bond motifs is 1. The lowest BCUT2D eigenvalue weighted by molar-refractivity contribution is -0.119. The normalized spacial score (nSPS) is 12.3. The second kappa shape index (κ2) is 5.08. The summed E-state index contributed by atoms with van der Waals surface area (Å²) < 4.78 is 0. The maximum absolute atomic E-state index is 11.2. The van der Waals surface area contributed by atoms with Crippen LogP contribution in [0.15, 0.2) is 36.4 Å². The van der Waals surface area contributed by atoms with Crippen LogP contribution in [0.25, 0.3) is 10.8 Å². The van der Waals surface area contributed by atoms with Crippen LogP contribution in [-0.4, -0.2) is 11.0 Å². The molecule has 18 heavy (non-hydrogen) atoms. The van der Waals surface area contributed by atoms with E-state index in [2.05, 4.69) is 5.32 Å². The van der Waals surface area contributed by atoms with Gasteiger partial charge in [0.2, 0.25) is 5.91 Å². The topological polar surface area (TPSA) is 49.3 Å². The van der Waals surface area contributed by atoms with Crippen molar-refractivity contribution in [2.75, 3.05) is 0 Å². The number of hydrogen-bond donors (Lipinski definition) is 2. The Hall–Kier alpha value is -2.03. The van der Waals surface area contributed by atoms with Gasteiger partial charge in [-0.1, -0.05) is 37.3 Å². The SMILES string of the molecule is CCC(NC(C)=O)c1c(O)ccc2ccccc12. The zero-order valence-corrected chi connectivity index (χ0v) is 10.6. The van der Waals surface area contributed by atoms with E-state index in [9.17, 15) is 9.90 Å². The lowest BCUT2D eigenvalue weighted by Crippen LogP contribution is -2.25. The molecule has 1 amide bonds. The Bertz CT molecular complexity index is 578. The molecule has 2 aromatic rings. The minimum absolute atomic E-state index is 0.0887. The molecule has 0 aliphatic heterocycles. The van der Waals surface area contributed by atoms with Crippen LogP contribution in [0, 0.1) is 0 Å². The van der Waals surface area contributed by atoms with Crippen molar-refractivity contribution in [2.45, 2.75) is 26.3 Å². The maximum Gasteiger partial charge on any atom is 0.217 e. The van der Waals surface area contributed by atoms with Gasteiger partial charge >= 0.3 is 0 Å². The summed E-state index contributed by atoms with van der Waals surface area (Å²) in [6, 6.07) is 11.3. The summed E-state index contributed by atoms with van der Waals surface area (Å²) in [6.07, 6.45) is 0.737. The number of benzene rings is 2. The zero-order chi connectivity index (χ0) is 13.1. The molecule has 0 aliphatic carbocycles. The largest absolute Gasteiger partial charge is 0.508 e. The first-order valence-electron chi connectivity index (χ1n) is 6.11. The molecule has 2 N–H and O–H groups in total. The molecular weight excluding hydrogens is 226 g/mol. The average molecular weight is 243 g/mol. The number of amides is 1. The van der Waals surface area contributed by atoms with Crippen LogP contribution in [0.2, 0.25) is 0 Å². The van der Waals surface area contributed by atoms with Crippen LogP contribution in [0.1, 0.15) is 31.9 Å². The maximum atomic E-state index is 11.2. The second-order valence-electron chi connectivity index (χ2n) is 4.38. The van der Waals surface area contributed by atoms with E-state index in [0.717, 1.165) is 22.8 Å². The fraction of sp³-hybridized carbons (Fsp3) is 0.267. The second-order valence-corrected chi connectivity index (χ2v) is 4.38. The standard InChI is InChI=1S/C15H17NO2/c1-3-13(16-10(2)17)15-12-7-5-4-6-11(12)8-9-14(15)18/h4-9,13,18H,3H2,1-2H3,(H,16,17). The Morgan fingerprint density at radius 3 is 2.67 bits per heavy atom. The first-order chi connectivity index (χ1) is 8.63. The summed E-state index contributed by atoms with van der Waals surface area (Å²) in [4.78, 5) is 11.2. The Balaban J connectivity index is 2.60. The van der Waals surface area contributed by atoms with E-state index in [0.29, 0.717) is 0 Å². The van der Waals surface area contributed by atoms with Crippen molar-refractivity contribution in [3.05, 3.63) is 42.0 Å². The van der Waals surface area contributed by atoms with Gasteiger partial charge in [0.25, 0.3) is 0 Å². The lowest BCUT2D eigenvalue weighted by Gasteiger charge is -2.19. The van der Waals surface area contributed by atoms with Crippen LogP contribution in [-0.2, 0) is 4.79 Å². The molecule has 0 saturated heterocycles. The molecular formula is C15H17NO2. The van der Waals surface area contributed by atoms with E-state index in [4.69, 9.17) is 0 Å². The van der Waals surface area contributed by atoms with Gasteiger partial charge in [0, 0.05) is 12.5 Å². The van der Waals surface area contributed by atoms with E-state index in [1.54, 1.807) is 6.07 Å². The predicted octanol–water partition coefficient (Wildman–Crippen LogP) is 3.13. The van der Waals surface area contributed by atoms with Crippen molar-refractivity contribution >= 4 is 16.7 Å². The summed E-state index contributed by atoms with van der Waals surface area (Å²) in [5.74, 6) is 0.142. The van der Waals surface area contributed by atoms with Gasteiger partial charge in [0.05, 0.1) is 6.04 Å². The van der Waals surface area contributed by atoms with Gasteiger partial charge in [-0.2, -0.15) is 0 Å². The van der Waals surface area contributed by atoms with Crippen molar-refractivity contribution < 1.29 is 9.90 Å². The molecule has 0 radical (unpaired) electrons. The van der Waals surface area contributed by atoms with Crippen LogP contribution in [0.5, 0.6) is 5.75 Å². The molecule has 0 fully saturated rings. The Morgan fingerprint density at radius 2 is 2.00 bits per heavy atom. The Morgan fingerprint density at radius 1 is 1.28 bits per heavy atom. The summed E-state index contributed by atoms with van der Waals surface area (Å²) >= 11 is 0. The quantitative estimate of drug-likeness (QED) is 0.870. The van der Waals surface area contributed by atoms with Crippen molar-refractivity contribution in [1.82, 2.24) is 5.32 Å². The number of hydrogen-bond acceptors (Lipinski definition) is 2. The molecule has 0 aliphatic rings. The third kappa shape index (κ3) is 2.30. The minimum atomic E-state index is -0.159. The van der Waals surface area contributed by atoms with Gasteiger partial charge in [-0.3, -0.25) is 4.79 Å². The van der Waals surface area contributed by atoms with Crippen molar-refractivity contribution in [3.63, 3.8) is 0 Å². The molecule has 3 nitrogen and oxygen atoms in total. The molecule has 2 rings (SSSR count). The highest BCUT2D eigenvalue weighted by Crippen LogP contribution is 2.33. The van der Waals surface area contributed by atoms with Gasteiger partial charge in [-0.25, -0.2) is 0 Å². The molecule has 0 bridgehead atoms. The zero-order valence-electron chi connectivity index (χ0n) is 10.6. The van der Waals surface area contributed by atoms with Crippen LogP contribution >= 0.6 is 0 Å². The number of aromatic hydroxyl groups is 1. The van der Waals surface area contributed by atoms with E-state index in [1.807, 2.05) is 37.3 Å². The third-order valence-electron chi connectivity index (χ3n) is 3.08. The smallest absolute Gasteiger partial charge is 0.217 e. The molecule has 1 atom stereocenters. The number of phenols is 1. The average Bonchev–Trinajstić information content (AvgIpc) is 2.36. The lowest BCUT2D eigenvalue weighted by atomic mass is 9.96. The Labute approximate surface area is 106 Å². The van der Waals surface area contributed by atoms with E-state index in [1.165, 1.54) is 6.92 Å². The van der Waals surface area contributed by atoms with Crippen LogP contribution < -0.4 is 5.32 Å². The van der Waals surface area contributed by atoms with Gasteiger partial charge < -0.3 is 10.4 Å². The molecule has 0 aromatic heterocycles. The molecule has 2 aromatic carbocycles. The summed E-state index contributed by atoms with van der Waals surface area (Å²) in [6.45, 7) is 3.48. The van der Waals surface area contributed by atoms with Crippen molar-refractivity contribution in [2.24, 2.45) is 0 Å². The number of carbonyl (C=O) groups excluding carboxylic acids is 1. The first-order valence-corrected chi connectivity index (χ1v) is 6.11. The van der Waals surface area contributed by atoms with Gasteiger partial charge in [-0.15, -0.1) is 0 Å². The highest BCUT2D eigenvalue weighted by atomic mass is 16.3. The van der Waals surface area contributed by atoms with E-state index < -0.39 is 0 Å². The fourth-order valence-corrected chi connectivity index (χ4v) is 2.27. The first kappa shape index (κ1) is 12.4. The monoisotopic (exact) mass is 243 g/mol. The van der Waals surface area contributed by atoms with Crippen LogP contribution in [0.3, 0.4) is 0 Å². The van der Waals surface area contributed by atoms with Gasteiger partial charge in [-0.05, 0) is 23.3 Å². The van der Waals surface area contributed by atoms with E-state index >= 15 is 0 Å². The van der Waals surface area contributed by atoms with E-state index in [-0.39, 0.29) is 17.7 Å². The number of phenolic OH excluding ortho intramolecular Hbond substituents is 1. The summed E-state index contributed by atoms with van der Waals surface area (Å²) in [7, 11) is 0. The molecule has 94 valence electrons. The number of nitrogens with one attached hydrogen (secondary N) is 1. The molecule has 0 spiro atoms. The minimum Gasteiger partial charge on any atom is -0.508 e. The highest BCUT2D eigenvalue weighted by Gasteiger charge is 2.17. The molecule has 3 heteroatoms. The molecule has 1 unspecified atom stereocenters. The molecule has 0 heterocycles. The summed E-state index contributed by atoms with van der Waals surface area (Å²) in [5.41, 5.74) is 0.797. The number of carbonyl (C=O) groups is 1. The molecule has 0 saturated carbocycles. The van der Waals surface area contributed by atoms with Crippen molar-refractivity contribution in [1.29, 1.82) is 0 Å². The van der Waals surface area contributed by atoms with Gasteiger partial charge in [0.1, 0.15) is 5.75 Å². The van der Waals surface area contributed by atoms with Gasteiger partial charge in [0.15, 0.2) is 0 Å². The van der Waals surface area contributed by atoms with Crippen molar-refractivity contribution in [3.8, 4) is 5.75 Å². The number of rotatable bonds is 3. The summed E-state index contributed by atoms with van der Waals surface area (Å²) in [5, 5.41) is 15.0. The Kier molecular flexibility index (Phi) is 3.51. The predicted molar refractivity (Wildman–Crippen MR) is 72.5 cm³/mol. The fourth-order valence-electron chi connectivity index (χ4n) is 2.27. The third-order valence-corrected chi connectivity index (χ3v) is 3.08. The highest BCUT2D eigenvalue weighted by molar-refractivity contribution is 5.88. The van der Waals surface area contributed by atoms with Crippen LogP contribution in [0.4, 0.5) is 0 Å².